The minimum Gasteiger partial charge on any atom is -0.303 e. The van der Waals surface area contributed by atoms with Crippen molar-refractivity contribution < 1.29 is 0 Å². The molecule has 0 saturated carbocycles. The summed E-state index contributed by atoms with van der Waals surface area (Å²) in [6, 6.07) is 0. The van der Waals surface area contributed by atoms with Gasteiger partial charge in [0, 0.05) is 4.75 Å². The van der Waals surface area contributed by atoms with Gasteiger partial charge in [-0.2, -0.15) is 11.8 Å². The Hall–Kier alpha value is 0.690. The molecular formula is C11H15I2NO2S. The summed E-state index contributed by atoms with van der Waals surface area (Å²) in [5.41, 5.74) is -0.410. The highest BCUT2D eigenvalue weighted by Crippen LogP contribution is 2.42. The summed E-state index contributed by atoms with van der Waals surface area (Å²) in [6.07, 6.45) is 2.05. The van der Waals surface area contributed by atoms with Gasteiger partial charge in [0.2, 0.25) is 5.43 Å². The van der Waals surface area contributed by atoms with Gasteiger partial charge < -0.3 is 3.11 Å². The summed E-state index contributed by atoms with van der Waals surface area (Å²) >= 11 is 5.83. The van der Waals surface area contributed by atoms with Crippen LogP contribution in [0.15, 0.2) is 9.59 Å². The van der Waals surface area contributed by atoms with Gasteiger partial charge in [-0.05, 0) is 56.5 Å². The van der Waals surface area contributed by atoms with E-state index in [-0.39, 0.29) is 21.1 Å². The van der Waals surface area contributed by atoms with Gasteiger partial charge in [-0.3, -0.25) is 9.59 Å². The first-order valence-corrected chi connectivity index (χ1v) is 8.34. The molecule has 1 aromatic carbocycles. The second kappa shape index (κ2) is 4.99. The van der Waals surface area contributed by atoms with Crippen LogP contribution in [0.3, 0.4) is 0 Å². The second-order valence-corrected chi connectivity index (χ2v) is 8.35. The van der Waals surface area contributed by atoms with Gasteiger partial charge in [0.15, 0.2) is 0 Å². The Morgan fingerprint density at radius 3 is 1.94 bits per heavy atom. The van der Waals surface area contributed by atoms with Crippen molar-refractivity contribution in [1.82, 2.24) is 0 Å². The molecule has 3 nitrogen and oxygen atoms in total. The Balaban J connectivity index is 3.19. The first-order valence-electron chi connectivity index (χ1n) is 5.08. The Kier molecular flexibility index (Phi) is 4.62. The molecule has 0 saturated heterocycles. The molecule has 0 aliphatic rings. The zero-order valence-corrected chi connectivity index (χ0v) is 15.6. The van der Waals surface area contributed by atoms with Crippen LogP contribution in [0.1, 0.15) is 27.7 Å². The summed E-state index contributed by atoms with van der Waals surface area (Å²) in [6.45, 7) is 8.45. The minimum atomic E-state index is -0.367. The van der Waals surface area contributed by atoms with Gasteiger partial charge in [0.1, 0.15) is 5.69 Å². The SMILES string of the molecule is CSC(C)(C)C(C)(C)N(I)c1c(I)c(=O)c1=O. The lowest BCUT2D eigenvalue weighted by molar-refractivity contribution is 0.427. The van der Waals surface area contributed by atoms with E-state index >= 15 is 0 Å². The van der Waals surface area contributed by atoms with E-state index in [4.69, 9.17) is 0 Å². The van der Waals surface area contributed by atoms with E-state index in [0.29, 0.717) is 9.26 Å². The number of hydrogen-bond donors (Lipinski definition) is 0. The van der Waals surface area contributed by atoms with Gasteiger partial charge >= 0.3 is 0 Å². The summed E-state index contributed by atoms with van der Waals surface area (Å²) in [4.78, 5) is 22.9. The molecule has 0 spiro atoms. The van der Waals surface area contributed by atoms with Crippen molar-refractivity contribution in [2.75, 3.05) is 9.37 Å². The van der Waals surface area contributed by atoms with Crippen molar-refractivity contribution in [2.24, 2.45) is 0 Å². The first kappa shape index (κ1) is 15.7. The standard InChI is InChI=1S/C11H15I2NO2S/c1-10(2,11(3,4)17-5)14(13)7-6(12)8(15)9(7)16/h1-5H3. The third kappa shape index (κ3) is 2.41. The lowest BCUT2D eigenvalue weighted by Crippen LogP contribution is -2.56. The maximum Gasteiger partial charge on any atom is 0.252 e. The molecule has 0 heterocycles. The molecule has 6 heteroatoms. The molecular weight excluding hydrogens is 464 g/mol. The third-order valence-electron chi connectivity index (χ3n) is 3.50. The lowest BCUT2D eigenvalue weighted by atomic mass is 9.89. The zero-order valence-electron chi connectivity index (χ0n) is 10.4. The van der Waals surface area contributed by atoms with Crippen LogP contribution in [-0.2, 0) is 0 Å². The average Bonchev–Trinajstić information content (AvgIpc) is 2.28. The van der Waals surface area contributed by atoms with E-state index in [9.17, 15) is 9.59 Å². The number of halogens is 2. The molecule has 0 fully saturated rings. The first-order chi connectivity index (χ1) is 7.58. The molecule has 17 heavy (non-hydrogen) atoms. The number of thioether (sulfide) groups is 1. The fourth-order valence-corrected chi connectivity index (χ4v) is 4.30. The normalized spacial score (nSPS) is 13.1. The molecule has 0 N–H and O–H groups in total. The Morgan fingerprint density at radius 2 is 1.59 bits per heavy atom. The molecule has 1 aromatic rings. The summed E-state index contributed by atoms with van der Waals surface area (Å²) in [5, 5.41) is 0. The van der Waals surface area contributed by atoms with Gasteiger partial charge in [-0.15, -0.1) is 0 Å². The van der Waals surface area contributed by atoms with E-state index < -0.39 is 0 Å². The monoisotopic (exact) mass is 479 g/mol. The van der Waals surface area contributed by atoms with E-state index in [1.807, 2.05) is 25.7 Å². The topological polar surface area (TPSA) is 37.4 Å². The van der Waals surface area contributed by atoms with Gasteiger partial charge in [0.05, 0.1) is 32.0 Å². The van der Waals surface area contributed by atoms with Crippen LogP contribution in [0.5, 0.6) is 0 Å². The summed E-state index contributed by atoms with van der Waals surface area (Å²) < 4.78 is 2.43. The maximum absolute atomic E-state index is 11.6. The summed E-state index contributed by atoms with van der Waals surface area (Å²) in [5.74, 6) is 0. The van der Waals surface area contributed by atoms with Crippen molar-refractivity contribution in [2.45, 2.75) is 38.0 Å². The lowest BCUT2D eigenvalue weighted by Gasteiger charge is -2.46. The molecule has 0 unspecified atom stereocenters. The van der Waals surface area contributed by atoms with Crippen LogP contribution in [0.25, 0.3) is 0 Å². The smallest absolute Gasteiger partial charge is 0.252 e. The van der Waals surface area contributed by atoms with Crippen LogP contribution in [0.4, 0.5) is 5.69 Å². The Bertz CT molecular complexity index is 504. The molecule has 0 aliphatic heterocycles. The van der Waals surface area contributed by atoms with Crippen molar-refractivity contribution >= 4 is 62.9 Å². The highest BCUT2D eigenvalue weighted by atomic mass is 127. The number of anilines is 1. The van der Waals surface area contributed by atoms with Crippen LogP contribution in [-0.4, -0.2) is 16.5 Å². The van der Waals surface area contributed by atoms with Gasteiger partial charge in [0.25, 0.3) is 5.43 Å². The maximum atomic E-state index is 11.6. The van der Waals surface area contributed by atoms with E-state index in [2.05, 4.69) is 56.8 Å². The Morgan fingerprint density at radius 1 is 1.12 bits per heavy atom. The molecule has 0 bridgehead atoms. The molecule has 1 rings (SSSR count). The number of rotatable bonds is 4. The number of nitrogens with zero attached hydrogens (tertiary/aromatic N) is 1. The Labute approximate surface area is 133 Å². The summed E-state index contributed by atoms with van der Waals surface area (Å²) in [7, 11) is 0. The fraction of sp³-hybridized carbons (Fsp3) is 0.636. The van der Waals surface area contributed by atoms with Crippen LogP contribution < -0.4 is 14.0 Å². The van der Waals surface area contributed by atoms with Crippen LogP contribution in [0.2, 0.25) is 0 Å². The predicted molar refractivity (Wildman–Crippen MR) is 92.2 cm³/mol. The van der Waals surface area contributed by atoms with Crippen LogP contribution >= 0.6 is 57.2 Å². The highest BCUT2D eigenvalue weighted by molar-refractivity contribution is 14.1. The average molecular weight is 479 g/mol. The molecule has 0 atom stereocenters. The second-order valence-electron chi connectivity index (χ2n) is 4.88. The fourth-order valence-electron chi connectivity index (χ4n) is 1.29. The van der Waals surface area contributed by atoms with E-state index in [0.717, 1.165) is 0 Å². The van der Waals surface area contributed by atoms with E-state index in [1.54, 1.807) is 11.8 Å². The van der Waals surface area contributed by atoms with Crippen molar-refractivity contribution in [3.8, 4) is 0 Å². The largest absolute Gasteiger partial charge is 0.303 e. The third-order valence-corrected chi connectivity index (χ3v) is 7.71. The van der Waals surface area contributed by atoms with Crippen molar-refractivity contribution in [3.05, 3.63) is 24.0 Å². The molecule has 96 valence electrons. The van der Waals surface area contributed by atoms with Gasteiger partial charge in [-0.1, -0.05) is 0 Å². The van der Waals surface area contributed by atoms with Crippen LogP contribution in [0, 0.1) is 3.57 Å². The van der Waals surface area contributed by atoms with Gasteiger partial charge in [-0.25, -0.2) is 0 Å². The molecule has 0 aliphatic carbocycles. The quantitative estimate of drug-likeness (QED) is 0.379. The predicted octanol–water partition coefficient (Wildman–Crippen LogP) is 2.96. The van der Waals surface area contributed by atoms with Crippen molar-refractivity contribution in [3.63, 3.8) is 0 Å². The molecule has 0 amide bonds. The minimum absolute atomic E-state index is 0.0307. The highest BCUT2D eigenvalue weighted by Gasteiger charge is 2.43. The number of hydrogen-bond acceptors (Lipinski definition) is 4. The molecule has 0 radical (unpaired) electrons. The zero-order chi connectivity index (χ0) is 13.6. The van der Waals surface area contributed by atoms with Crippen molar-refractivity contribution in [1.29, 1.82) is 0 Å². The molecule has 0 aromatic heterocycles. The van der Waals surface area contributed by atoms with E-state index in [1.165, 1.54) is 0 Å².